The third-order valence-corrected chi connectivity index (χ3v) is 4.41. The third-order valence-electron chi connectivity index (χ3n) is 3.52. The number of aromatic nitrogens is 1. The molecule has 5 heteroatoms. The Labute approximate surface area is 139 Å². The van der Waals surface area contributed by atoms with Gasteiger partial charge in [0.05, 0.1) is 0 Å². The van der Waals surface area contributed by atoms with Crippen LogP contribution in [0, 0.1) is 6.92 Å². The number of halogens is 1. The molecule has 4 nitrogen and oxygen atoms in total. The molecule has 0 aliphatic carbocycles. The van der Waals surface area contributed by atoms with Crippen molar-refractivity contribution in [2.24, 2.45) is 0 Å². The summed E-state index contributed by atoms with van der Waals surface area (Å²) in [5, 5.41) is 2.89. The molecular weight excluding hydrogens is 342 g/mol. The number of aryl methyl sites for hydroxylation is 1. The van der Waals surface area contributed by atoms with Gasteiger partial charge in [-0.05, 0) is 56.7 Å². The number of nitrogens with zero attached hydrogens (tertiary/aromatic N) is 2. The van der Waals surface area contributed by atoms with Crippen LogP contribution in [0.1, 0.15) is 29.9 Å². The Kier molecular flexibility index (Phi) is 5.55. The zero-order valence-electron chi connectivity index (χ0n) is 13.1. The van der Waals surface area contributed by atoms with Crippen molar-refractivity contribution in [1.82, 2.24) is 4.98 Å². The van der Waals surface area contributed by atoms with E-state index in [2.05, 4.69) is 45.0 Å². The van der Waals surface area contributed by atoms with Crippen molar-refractivity contribution >= 4 is 33.2 Å². The van der Waals surface area contributed by atoms with Gasteiger partial charge in [0, 0.05) is 35.1 Å². The Morgan fingerprint density at radius 1 is 1.23 bits per heavy atom. The monoisotopic (exact) mass is 361 g/mol. The number of rotatable bonds is 5. The molecule has 0 fully saturated rings. The van der Waals surface area contributed by atoms with Crippen LogP contribution in [0.25, 0.3) is 0 Å². The van der Waals surface area contributed by atoms with Crippen molar-refractivity contribution in [3.8, 4) is 0 Å². The van der Waals surface area contributed by atoms with Gasteiger partial charge in [-0.25, -0.2) is 0 Å². The van der Waals surface area contributed by atoms with Gasteiger partial charge in [-0.15, -0.1) is 0 Å². The summed E-state index contributed by atoms with van der Waals surface area (Å²) < 4.78 is 1.02. The van der Waals surface area contributed by atoms with Gasteiger partial charge in [-0.2, -0.15) is 0 Å². The van der Waals surface area contributed by atoms with E-state index in [0.29, 0.717) is 5.69 Å². The lowest BCUT2D eigenvalue weighted by Crippen LogP contribution is -2.23. The van der Waals surface area contributed by atoms with Crippen LogP contribution in [0.15, 0.2) is 41.0 Å². The van der Waals surface area contributed by atoms with E-state index in [4.69, 9.17) is 0 Å². The minimum atomic E-state index is -0.198. The van der Waals surface area contributed by atoms with E-state index in [-0.39, 0.29) is 5.91 Å². The molecule has 0 saturated heterocycles. The number of hydrogen-bond donors (Lipinski definition) is 1. The first-order chi connectivity index (χ1) is 10.5. The van der Waals surface area contributed by atoms with Crippen LogP contribution in [0.2, 0.25) is 0 Å². The molecule has 0 bridgehead atoms. The Hall–Kier alpha value is -1.88. The molecule has 0 spiro atoms. The highest BCUT2D eigenvalue weighted by Crippen LogP contribution is 2.21. The lowest BCUT2D eigenvalue weighted by molar-refractivity contribution is 0.102. The van der Waals surface area contributed by atoms with Crippen LogP contribution in [-0.4, -0.2) is 24.0 Å². The minimum absolute atomic E-state index is 0.198. The molecule has 1 aromatic heterocycles. The summed E-state index contributed by atoms with van der Waals surface area (Å²) in [5.74, 6) is -0.198. The molecule has 0 saturated carbocycles. The van der Waals surface area contributed by atoms with Gasteiger partial charge >= 0.3 is 0 Å². The zero-order chi connectivity index (χ0) is 16.1. The second-order valence-corrected chi connectivity index (χ2v) is 5.84. The lowest BCUT2D eigenvalue weighted by atomic mass is 10.2. The van der Waals surface area contributed by atoms with Crippen LogP contribution in [0.3, 0.4) is 0 Å². The number of anilines is 2. The van der Waals surface area contributed by atoms with Crippen LogP contribution in [0.5, 0.6) is 0 Å². The van der Waals surface area contributed by atoms with Crippen molar-refractivity contribution in [1.29, 1.82) is 0 Å². The van der Waals surface area contributed by atoms with E-state index in [1.54, 1.807) is 6.20 Å². The fourth-order valence-electron chi connectivity index (χ4n) is 2.25. The molecule has 1 heterocycles. The smallest absolute Gasteiger partial charge is 0.274 e. The van der Waals surface area contributed by atoms with Crippen molar-refractivity contribution in [2.45, 2.75) is 20.8 Å². The van der Waals surface area contributed by atoms with Gasteiger partial charge in [0.15, 0.2) is 0 Å². The summed E-state index contributed by atoms with van der Waals surface area (Å²) in [7, 11) is 0. The number of nitrogens with one attached hydrogen (secondary N) is 1. The molecule has 0 radical (unpaired) electrons. The average molecular weight is 362 g/mol. The SMILES string of the molecule is CCN(CC)c1ccnc(C(=O)Nc2ccc(Br)c(C)c2)c1. The summed E-state index contributed by atoms with van der Waals surface area (Å²) in [5.41, 5.74) is 3.27. The molecule has 1 amide bonds. The van der Waals surface area contributed by atoms with Gasteiger partial charge < -0.3 is 10.2 Å². The zero-order valence-corrected chi connectivity index (χ0v) is 14.6. The number of benzene rings is 1. The molecule has 22 heavy (non-hydrogen) atoms. The van der Waals surface area contributed by atoms with Crippen LogP contribution in [-0.2, 0) is 0 Å². The summed E-state index contributed by atoms with van der Waals surface area (Å²) >= 11 is 3.45. The molecular formula is C17H20BrN3O. The first-order valence-electron chi connectivity index (χ1n) is 7.33. The standard InChI is InChI=1S/C17H20BrN3O/c1-4-21(5-2)14-8-9-19-16(11-14)17(22)20-13-6-7-15(18)12(3)10-13/h6-11H,4-5H2,1-3H3,(H,20,22). The summed E-state index contributed by atoms with van der Waals surface area (Å²) in [4.78, 5) is 18.7. The second kappa shape index (κ2) is 7.40. The molecule has 0 unspecified atom stereocenters. The van der Waals surface area contributed by atoms with E-state index in [0.717, 1.165) is 34.5 Å². The predicted octanol–water partition coefficient (Wildman–Crippen LogP) is 4.25. The molecule has 1 aromatic carbocycles. The Bertz CT molecular complexity index is 669. The van der Waals surface area contributed by atoms with Gasteiger partial charge in [0.1, 0.15) is 5.69 Å². The highest BCUT2D eigenvalue weighted by molar-refractivity contribution is 9.10. The van der Waals surface area contributed by atoms with Crippen LogP contribution < -0.4 is 10.2 Å². The largest absolute Gasteiger partial charge is 0.372 e. The van der Waals surface area contributed by atoms with Crippen LogP contribution >= 0.6 is 15.9 Å². The molecule has 0 atom stereocenters. The Morgan fingerprint density at radius 2 is 1.95 bits per heavy atom. The molecule has 0 aliphatic rings. The summed E-state index contributed by atoms with van der Waals surface area (Å²) in [6, 6.07) is 9.46. The quantitative estimate of drug-likeness (QED) is 0.865. The van der Waals surface area contributed by atoms with Gasteiger partial charge in [0.2, 0.25) is 0 Å². The van der Waals surface area contributed by atoms with E-state index < -0.39 is 0 Å². The normalized spacial score (nSPS) is 10.4. The Morgan fingerprint density at radius 3 is 2.59 bits per heavy atom. The van der Waals surface area contributed by atoms with Crippen molar-refractivity contribution in [2.75, 3.05) is 23.3 Å². The first-order valence-corrected chi connectivity index (χ1v) is 8.13. The third kappa shape index (κ3) is 3.85. The molecule has 0 aliphatic heterocycles. The highest BCUT2D eigenvalue weighted by atomic mass is 79.9. The van der Waals surface area contributed by atoms with Gasteiger partial charge in [-0.1, -0.05) is 15.9 Å². The first kappa shape index (κ1) is 16.5. The second-order valence-electron chi connectivity index (χ2n) is 4.99. The number of hydrogen-bond acceptors (Lipinski definition) is 3. The van der Waals surface area contributed by atoms with Crippen molar-refractivity contribution in [3.05, 3.63) is 52.3 Å². The van der Waals surface area contributed by atoms with Crippen molar-refractivity contribution < 1.29 is 4.79 Å². The van der Waals surface area contributed by atoms with Crippen molar-refractivity contribution in [3.63, 3.8) is 0 Å². The van der Waals surface area contributed by atoms with Crippen LogP contribution in [0.4, 0.5) is 11.4 Å². The number of amides is 1. The highest BCUT2D eigenvalue weighted by Gasteiger charge is 2.11. The van der Waals surface area contributed by atoms with E-state index in [9.17, 15) is 4.79 Å². The molecule has 116 valence electrons. The number of pyridine rings is 1. The minimum Gasteiger partial charge on any atom is -0.372 e. The maximum absolute atomic E-state index is 12.4. The molecule has 1 N–H and O–H groups in total. The van der Waals surface area contributed by atoms with E-state index in [1.807, 2.05) is 37.3 Å². The van der Waals surface area contributed by atoms with Gasteiger partial charge in [0.25, 0.3) is 5.91 Å². The average Bonchev–Trinajstić information content (AvgIpc) is 2.52. The maximum atomic E-state index is 12.4. The van der Waals surface area contributed by atoms with E-state index in [1.165, 1.54) is 0 Å². The number of carbonyl (C=O) groups is 1. The predicted molar refractivity (Wildman–Crippen MR) is 94.6 cm³/mol. The molecule has 2 aromatic rings. The number of carbonyl (C=O) groups excluding carboxylic acids is 1. The van der Waals surface area contributed by atoms with E-state index >= 15 is 0 Å². The Balaban J connectivity index is 2.18. The topological polar surface area (TPSA) is 45.2 Å². The maximum Gasteiger partial charge on any atom is 0.274 e. The summed E-state index contributed by atoms with van der Waals surface area (Å²) in [6.45, 7) is 7.96. The molecule has 2 rings (SSSR count). The van der Waals surface area contributed by atoms with Gasteiger partial charge in [-0.3, -0.25) is 9.78 Å². The lowest BCUT2D eigenvalue weighted by Gasteiger charge is -2.21. The summed E-state index contributed by atoms with van der Waals surface area (Å²) in [6.07, 6.45) is 1.68. The fourth-order valence-corrected chi connectivity index (χ4v) is 2.49. The fraction of sp³-hybridized carbons (Fsp3) is 0.294.